The van der Waals surface area contributed by atoms with Crippen molar-refractivity contribution < 1.29 is 0 Å². The average molecular weight is 153 g/mol. The Morgan fingerprint density at radius 2 is 2.36 bits per heavy atom. The highest BCUT2D eigenvalue weighted by Gasteiger charge is 2.39. The lowest BCUT2D eigenvalue weighted by Crippen LogP contribution is -2.23. The molecule has 1 nitrogen and oxygen atoms in total. The second-order valence-corrected chi connectivity index (χ2v) is 3.89. The van der Waals surface area contributed by atoms with E-state index in [1.54, 1.807) is 0 Å². The van der Waals surface area contributed by atoms with Gasteiger partial charge in [0.05, 0.1) is 0 Å². The van der Waals surface area contributed by atoms with Crippen molar-refractivity contribution in [3.05, 3.63) is 12.2 Å². The fraction of sp³-hybridized carbons (Fsp3) is 0.800. The molecule has 0 aromatic carbocycles. The molecule has 0 aromatic heterocycles. The van der Waals surface area contributed by atoms with Crippen LogP contribution in [-0.2, 0) is 0 Å². The Bertz CT molecular complexity index is 151. The quantitative estimate of drug-likeness (QED) is 0.616. The van der Waals surface area contributed by atoms with Crippen molar-refractivity contribution in [1.82, 2.24) is 0 Å². The third-order valence-electron chi connectivity index (χ3n) is 2.64. The van der Waals surface area contributed by atoms with Gasteiger partial charge < -0.3 is 5.73 Å². The van der Waals surface area contributed by atoms with Gasteiger partial charge in [0.2, 0.25) is 0 Å². The van der Waals surface area contributed by atoms with E-state index in [1.165, 1.54) is 18.4 Å². The Morgan fingerprint density at radius 3 is 2.73 bits per heavy atom. The largest absolute Gasteiger partial charge is 0.327 e. The molecule has 3 atom stereocenters. The standard InChI is InChI=1S/C10H19N/c1-4-8-6-9(8)10(11)5-7(2)3/h8-10H,2,4-6,11H2,1,3H3/t8-,9-,10?/m1/s1. The van der Waals surface area contributed by atoms with Crippen LogP contribution in [0.15, 0.2) is 12.2 Å². The SMILES string of the molecule is C=C(C)CC(N)[C@@H]1C[C@H]1CC. The van der Waals surface area contributed by atoms with Crippen molar-refractivity contribution in [2.75, 3.05) is 0 Å². The molecule has 0 aromatic rings. The van der Waals surface area contributed by atoms with Gasteiger partial charge in [-0.3, -0.25) is 0 Å². The van der Waals surface area contributed by atoms with Crippen LogP contribution < -0.4 is 5.73 Å². The van der Waals surface area contributed by atoms with Crippen LogP contribution in [0.1, 0.15) is 33.1 Å². The zero-order valence-electron chi connectivity index (χ0n) is 7.64. The molecular weight excluding hydrogens is 134 g/mol. The summed E-state index contributed by atoms with van der Waals surface area (Å²) < 4.78 is 0. The summed E-state index contributed by atoms with van der Waals surface area (Å²) in [5.41, 5.74) is 7.21. The van der Waals surface area contributed by atoms with E-state index in [0.29, 0.717) is 6.04 Å². The maximum absolute atomic E-state index is 5.99. The van der Waals surface area contributed by atoms with Crippen LogP contribution >= 0.6 is 0 Å². The second-order valence-electron chi connectivity index (χ2n) is 3.89. The van der Waals surface area contributed by atoms with E-state index in [4.69, 9.17) is 5.73 Å². The van der Waals surface area contributed by atoms with Crippen molar-refractivity contribution >= 4 is 0 Å². The van der Waals surface area contributed by atoms with Crippen molar-refractivity contribution in [2.24, 2.45) is 17.6 Å². The lowest BCUT2D eigenvalue weighted by atomic mass is 10.0. The third kappa shape index (κ3) is 2.33. The molecule has 11 heavy (non-hydrogen) atoms. The first-order valence-corrected chi connectivity index (χ1v) is 4.55. The van der Waals surface area contributed by atoms with Crippen molar-refractivity contribution in [1.29, 1.82) is 0 Å². The van der Waals surface area contributed by atoms with Crippen LogP contribution in [0.5, 0.6) is 0 Å². The molecule has 1 aliphatic rings. The van der Waals surface area contributed by atoms with Crippen LogP contribution in [-0.4, -0.2) is 6.04 Å². The van der Waals surface area contributed by atoms with Gasteiger partial charge >= 0.3 is 0 Å². The summed E-state index contributed by atoms with van der Waals surface area (Å²) >= 11 is 0. The molecule has 2 N–H and O–H groups in total. The lowest BCUT2D eigenvalue weighted by molar-refractivity contribution is 0.539. The summed E-state index contributed by atoms with van der Waals surface area (Å²) in [6.07, 6.45) is 3.67. The van der Waals surface area contributed by atoms with Gasteiger partial charge in [-0.05, 0) is 31.6 Å². The smallest absolute Gasteiger partial charge is 0.0107 e. The van der Waals surface area contributed by atoms with Crippen molar-refractivity contribution in [3.8, 4) is 0 Å². The molecule has 64 valence electrons. The lowest BCUT2D eigenvalue weighted by Gasteiger charge is -2.09. The van der Waals surface area contributed by atoms with Crippen LogP contribution in [0.4, 0.5) is 0 Å². The number of hydrogen-bond acceptors (Lipinski definition) is 1. The minimum absolute atomic E-state index is 0.387. The zero-order chi connectivity index (χ0) is 8.43. The molecule has 1 fully saturated rings. The van der Waals surface area contributed by atoms with E-state index in [9.17, 15) is 0 Å². The predicted octanol–water partition coefficient (Wildman–Crippen LogP) is 2.33. The molecular formula is C10H19N. The van der Waals surface area contributed by atoms with Gasteiger partial charge in [0.15, 0.2) is 0 Å². The highest BCUT2D eigenvalue weighted by molar-refractivity contribution is 5.00. The van der Waals surface area contributed by atoms with Gasteiger partial charge in [0.25, 0.3) is 0 Å². The Balaban J connectivity index is 2.22. The molecule has 0 saturated heterocycles. The van der Waals surface area contributed by atoms with E-state index in [1.807, 2.05) is 0 Å². The van der Waals surface area contributed by atoms with Crippen LogP contribution in [0.2, 0.25) is 0 Å². The number of rotatable bonds is 4. The molecule has 0 radical (unpaired) electrons. The molecule has 1 heteroatoms. The molecule has 1 saturated carbocycles. The zero-order valence-corrected chi connectivity index (χ0v) is 7.64. The van der Waals surface area contributed by atoms with E-state index >= 15 is 0 Å². The van der Waals surface area contributed by atoms with Crippen LogP contribution in [0, 0.1) is 11.8 Å². The number of nitrogens with two attached hydrogens (primary N) is 1. The summed E-state index contributed by atoms with van der Waals surface area (Å²) in [4.78, 5) is 0. The molecule has 1 unspecified atom stereocenters. The summed E-state index contributed by atoms with van der Waals surface area (Å²) in [7, 11) is 0. The predicted molar refractivity (Wildman–Crippen MR) is 49.3 cm³/mol. The van der Waals surface area contributed by atoms with Crippen LogP contribution in [0.3, 0.4) is 0 Å². The first-order chi connectivity index (χ1) is 5.15. The Labute approximate surface area is 69.7 Å². The maximum Gasteiger partial charge on any atom is 0.0107 e. The summed E-state index contributed by atoms with van der Waals surface area (Å²) in [6.45, 7) is 8.18. The van der Waals surface area contributed by atoms with E-state index in [2.05, 4.69) is 20.4 Å². The molecule has 0 amide bonds. The minimum Gasteiger partial charge on any atom is -0.327 e. The Kier molecular flexibility index (Phi) is 2.72. The maximum atomic E-state index is 5.99. The molecule has 0 spiro atoms. The van der Waals surface area contributed by atoms with Gasteiger partial charge in [0.1, 0.15) is 0 Å². The van der Waals surface area contributed by atoms with Gasteiger partial charge in [-0.2, -0.15) is 0 Å². The first kappa shape index (κ1) is 8.79. The topological polar surface area (TPSA) is 26.0 Å². The normalized spacial score (nSPS) is 31.5. The van der Waals surface area contributed by atoms with Crippen molar-refractivity contribution in [3.63, 3.8) is 0 Å². The van der Waals surface area contributed by atoms with Gasteiger partial charge in [-0.15, -0.1) is 6.58 Å². The summed E-state index contributed by atoms with van der Waals surface area (Å²) in [5.74, 6) is 1.72. The fourth-order valence-electron chi connectivity index (χ4n) is 1.82. The number of hydrogen-bond donors (Lipinski definition) is 1. The molecule has 0 aliphatic heterocycles. The van der Waals surface area contributed by atoms with E-state index in [-0.39, 0.29) is 0 Å². The summed E-state index contributed by atoms with van der Waals surface area (Å²) in [6, 6.07) is 0.387. The van der Waals surface area contributed by atoms with Gasteiger partial charge in [-0.25, -0.2) is 0 Å². The average Bonchev–Trinajstić information content (AvgIpc) is 2.63. The second kappa shape index (κ2) is 3.40. The Morgan fingerprint density at radius 1 is 1.73 bits per heavy atom. The highest BCUT2D eigenvalue weighted by atomic mass is 14.7. The van der Waals surface area contributed by atoms with Crippen molar-refractivity contribution in [2.45, 2.75) is 39.2 Å². The molecule has 1 rings (SSSR count). The third-order valence-corrected chi connectivity index (χ3v) is 2.64. The molecule has 0 bridgehead atoms. The summed E-state index contributed by atoms with van der Waals surface area (Å²) in [5, 5.41) is 0. The fourth-order valence-corrected chi connectivity index (χ4v) is 1.82. The minimum atomic E-state index is 0.387. The highest BCUT2D eigenvalue weighted by Crippen LogP contribution is 2.43. The monoisotopic (exact) mass is 153 g/mol. The van der Waals surface area contributed by atoms with Gasteiger partial charge in [0, 0.05) is 6.04 Å². The van der Waals surface area contributed by atoms with E-state index in [0.717, 1.165) is 18.3 Å². The molecule has 0 heterocycles. The Hall–Kier alpha value is -0.300. The van der Waals surface area contributed by atoms with E-state index < -0.39 is 0 Å². The van der Waals surface area contributed by atoms with Crippen LogP contribution in [0.25, 0.3) is 0 Å². The molecule has 1 aliphatic carbocycles. The van der Waals surface area contributed by atoms with Gasteiger partial charge in [-0.1, -0.05) is 18.9 Å². The first-order valence-electron chi connectivity index (χ1n) is 4.55.